The first-order valence-electron chi connectivity index (χ1n) is 6.06. The minimum atomic E-state index is -4.89. The molecule has 0 saturated carbocycles. The molecule has 21 heavy (non-hydrogen) atoms. The molecule has 1 N–H and O–H groups in total. The maximum atomic E-state index is 13.7. The number of rotatable bonds is 4. The maximum Gasteiger partial charge on any atom is 0.419 e. The number of amides is 2. The van der Waals surface area contributed by atoms with Gasteiger partial charge in [-0.3, -0.25) is 9.59 Å². The molecule has 0 saturated heterocycles. The minimum absolute atomic E-state index is 0.409. The fourth-order valence-electron chi connectivity index (χ4n) is 1.49. The molecule has 8 heteroatoms. The summed E-state index contributed by atoms with van der Waals surface area (Å²) in [6.45, 7) is 1.71. The summed E-state index contributed by atoms with van der Waals surface area (Å²) in [4.78, 5) is 24.4. The molecule has 0 aliphatic rings. The Morgan fingerprint density at radius 3 is 2.43 bits per heavy atom. The number of benzene rings is 1. The third-order valence-electron chi connectivity index (χ3n) is 2.85. The van der Waals surface area contributed by atoms with Gasteiger partial charge in [0.2, 0.25) is 5.91 Å². The average molecular weight is 306 g/mol. The van der Waals surface area contributed by atoms with Crippen molar-refractivity contribution in [3.05, 3.63) is 35.1 Å². The van der Waals surface area contributed by atoms with E-state index in [4.69, 9.17) is 0 Å². The van der Waals surface area contributed by atoms with E-state index >= 15 is 0 Å². The number of carbonyl (C=O) groups is 2. The third kappa shape index (κ3) is 4.17. The van der Waals surface area contributed by atoms with Crippen LogP contribution in [-0.4, -0.2) is 36.9 Å². The normalized spacial score (nSPS) is 11.1. The van der Waals surface area contributed by atoms with Crippen molar-refractivity contribution in [3.8, 4) is 0 Å². The Balaban J connectivity index is 2.87. The van der Waals surface area contributed by atoms with Gasteiger partial charge in [-0.05, 0) is 19.1 Å². The lowest BCUT2D eigenvalue weighted by Crippen LogP contribution is -2.38. The number of halogens is 4. The summed E-state index contributed by atoms with van der Waals surface area (Å²) in [5.41, 5.74) is -2.27. The van der Waals surface area contributed by atoms with Crippen LogP contribution in [-0.2, 0) is 11.0 Å². The minimum Gasteiger partial charge on any atom is -0.345 e. The largest absolute Gasteiger partial charge is 0.419 e. The molecule has 1 rings (SSSR count). The summed E-state index contributed by atoms with van der Waals surface area (Å²) in [5.74, 6) is -3.16. The van der Waals surface area contributed by atoms with E-state index in [0.717, 1.165) is 12.1 Å². The third-order valence-corrected chi connectivity index (χ3v) is 2.85. The van der Waals surface area contributed by atoms with Crippen molar-refractivity contribution < 1.29 is 27.2 Å². The number of nitrogens with one attached hydrogen (secondary N) is 1. The summed E-state index contributed by atoms with van der Waals surface area (Å²) in [6, 6.07) is 2.40. The van der Waals surface area contributed by atoms with Gasteiger partial charge in [0.05, 0.1) is 17.7 Å². The SMILES string of the molecule is CCN(C)C(=O)CNC(=O)c1cccc(C(F)(F)F)c1F. The molecule has 1 aromatic carbocycles. The maximum absolute atomic E-state index is 13.7. The van der Waals surface area contributed by atoms with Crippen LogP contribution in [0.5, 0.6) is 0 Å². The van der Waals surface area contributed by atoms with Crippen LogP contribution in [0.3, 0.4) is 0 Å². The van der Waals surface area contributed by atoms with E-state index in [1.807, 2.05) is 0 Å². The predicted molar refractivity (Wildman–Crippen MR) is 67.0 cm³/mol. The van der Waals surface area contributed by atoms with E-state index in [1.165, 1.54) is 11.9 Å². The van der Waals surface area contributed by atoms with Gasteiger partial charge in [-0.15, -0.1) is 0 Å². The van der Waals surface area contributed by atoms with Crippen LogP contribution < -0.4 is 5.32 Å². The molecule has 0 fully saturated rings. The Morgan fingerprint density at radius 2 is 1.90 bits per heavy atom. The Labute approximate surface area is 118 Å². The first kappa shape index (κ1) is 16.9. The van der Waals surface area contributed by atoms with E-state index in [-0.39, 0.29) is 0 Å². The number of likely N-dealkylation sites (N-methyl/N-ethyl adjacent to an activating group) is 1. The van der Waals surface area contributed by atoms with Crippen LogP contribution in [0.25, 0.3) is 0 Å². The summed E-state index contributed by atoms with van der Waals surface area (Å²) in [5, 5.41) is 2.10. The van der Waals surface area contributed by atoms with E-state index < -0.39 is 41.5 Å². The second kappa shape index (κ2) is 6.55. The summed E-state index contributed by atoms with van der Waals surface area (Å²) in [7, 11) is 1.50. The second-order valence-corrected chi connectivity index (χ2v) is 4.26. The lowest BCUT2D eigenvalue weighted by Gasteiger charge is -2.15. The molecular formula is C13H14F4N2O2. The fourth-order valence-corrected chi connectivity index (χ4v) is 1.49. The van der Waals surface area contributed by atoms with Crippen molar-refractivity contribution in [2.24, 2.45) is 0 Å². The highest BCUT2D eigenvalue weighted by Gasteiger charge is 2.35. The van der Waals surface area contributed by atoms with Crippen LogP contribution in [0.15, 0.2) is 18.2 Å². The standard InChI is InChI=1S/C13H14F4N2O2/c1-3-19(2)10(20)7-18-12(21)8-5-4-6-9(11(8)14)13(15,16)17/h4-6H,3,7H2,1-2H3,(H,18,21). The van der Waals surface area contributed by atoms with Crippen LogP contribution in [0.1, 0.15) is 22.8 Å². The predicted octanol–water partition coefficient (Wildman–Crippen LogP) is 2.05. The monoisotopic (exact) mass is 306 g/mol. The molecule has 0 radical (unpaired) electrons. The van der Waals surface area contributed by atoms with Crippen molar-refractivity contribution in [2.45, 2.75) is 13.1 Å². The molecule has 2 amide bonds. The molecule has 4 nitrogen and oxygen atoms in total. The van der Waals surface area contributed by atoms with Gasteiger partial charge in [-0.25, -0.2) is 4.39 Å². The molecule has 0 heterocycles. The summed E-state index contributed by atoms with van der Waals surface area (Å²) in [6.07, 6.45) is -4.89. The molecule has 1 aromatic rings. The van der Waals surface area contributed by atoms with E-state index in [1.54, 1.807) is 6.92 Å². The van der Waals surface area contributed by atoms with E-state index in [0.29, 0.717) is 12.6 Å². The second-order valence-electron chi connectivity index (χ2n) is 4.26. The molecule has 0 aliphatic heterocycles. The van der Waals surface area contributed by atoms with Gasteiger partial charge in [0.15, 0.2) is 0 Å². The van der Waals surface area contributed by atoms with E-state index in [2.05, 4.69) is 5.32 Å². The van der Waals surface area contributed by atoms with Crippen molar-refractivity contribution in [3.63, 3.8) is 0 Å². The Morgan fingerprint density at radius 1 is 1.29 bits per heavy atom. The Bertz CT molecular complexity index is 543. The zero-order chi connectivity index (χ0) is 16.2. The number of alkyl halides is 3. The Kier molecular flexibility index (Phi) is 5.28. The lowest BCUT2D eigenvalue weighted by molar-refractivity contribution is -0.140. The van der Waals surface area contributed by atoms with Crippen molar-refractivity contribution in [1.29, 1.82) is 0 Å². The highest BCUT2D eigenvalue weighted by molar-refractivity contribution is 5.96. The highest BCUT2D eigenvalue weighted by Crippen LogP contribution is 2.32. The van der Waals surface area contributed by atoms with Gasteiger partial charge >= 0.3 is 6.18 Å². The lowest BCUT2D eigenvalue weighted by atomic mass is 10.1. The topological polar surface area (TPSA) is 49.4 Å². The number of hydrogen-bond donors (Lipinski definition) is 1. The van der Waals surface area contributed by atoms with Crippen LogP contribution in [0.4, 0.5) is 17.6 Å². The zero-order valence-electron chi connectivity index (χ0n) is 11.4. The molecule has 0 aromatic heterocycles. The first-order valence-corrected chi connectivity index (χ1v) is 6.06. The number of nitrogens with zero attached hydrogens (tertiary/aromatic N) is 1. The molecule has 116 valence electrons. The molecule has 0 aliphatic carbocycles. The van der Waals surface area contributed by atoms with Crippen molar-refractivity contribution >= 4 is 11.8 Å². The smallest absolute Gasteiger partial charge is 0.345 e. The summed E-state index contributed by atoms with van der Waals surface area (Å²) < 4.78 is 51.3. The Hall–Kier alpha value is -2.12. The molecule has 0 unspecified atom stereocenters. The van der Waals surface area contributed by atoms with Gasteiger partial charge in [0, 0.05) is 13.6 Å². The van der Waals surface area contributed by atoms with Crippen molar-refractivity contribution in [2.75, 3.05) is 20.1 Å². The van der Waals surface area contributed by atoms with Gasteiger partial charge in [0.25, 0.3) is 5.91 Å². The summed E-state index contributed by atoms with van der Waals surface area (Å²) >= 11 is 0. The van der Waals surface area contributed by atoms with Crippen molar-refractivity contribution in [1.82, 2.24) is 10.2 Å². The first-order chi connectivity index (χ1) is 9.68. The van der Waals surface area contributed by atoms with Crippen LogP contribution >= 0.6 is 0 Å². The van der Waals surface area contributed by atoms with Gasteiger partial charge in [-0.2, -0.15) is 13.2 Å². The number of hydrogen-bond acceptors (Lipinski definition) is 2. The zero-order valence-corrected chi connectivity index (χ0v) is 11.4. The number of carbonyl (C=O) groups excluding carboxylic acids is 2. The fraction of sp³-hybridized carbons (Fsp3) is 0.385. The molecule has 0 spiro atoms. The van der Waals surface area contributed by atoms with Crippen LogP contribution in [0.2, 0.25) is 0 Å². The molecule has 0 atom stereocenters. The average Bonchev–Trinajstić information content (AvgIpc) is 2.42. The van der Waals surface area contributed by atoms with Gasteiger partial charge < -0.3 is 10.2 Å². The van der Waals surface area contributed by atoms with Crippen LogP contribution in [0, 0.1) is 5.82 Å². The molecular weight excluding hydrogens is 292 g/mol. The molecule has 0 bridgehead atoms. The van der Waals surface area contributed by atoms with Gasteiger partial charge in [-0.1, -0.05) is 6.07 Å². The van der Waals surface area contributed by atoms with Gasteiger partial charge in [0.1, 0.15) is 5.82 Å². The van der Waals surface area contributed by atoms with E-state index in [9.17, 15) is 27.2 Å². The quantitative estimate of drug-likeness (QED) is 0.866. The highest BCUT2D eigenvalue weighted by atomic mass is 19.4.